The zero-order chi connectivity index (χ0) is 33.3. The minimum atomic E-state index is -0.0332. The van der Waals surface area contributed by atoms with Crippen LogP contribution in [0, 0.1) is 0 Å². The Hall–Kier alpha value is -4.82. The van der Waals surface area contributed by atoms with Gasteiger partial charge in [-0.25, -0.2) is 0 Å². The molecule has 0 bridgehead atoms. The number of benzene rings is 5. The lowest BCUT2D eigenvalue weighted by Gasteiger charge is -2.40. The number of anilines is 3. The second-order valence-corrected chi connectivity index (χ2v) is 15.3. The Morgan fingerprint density at radius 1 is 0.612 bits per heavy atom. The number of allylic oxidation sites excluding steroid dienone is 4. The van der Waals surface area contributed by atoms with Gasteiger partial charge in [-0.1, -0.05) is 111 Å². The third-order valence-electron chi connectivity index (χ3n) is 12.0. The molecule has 5 aromatic carbocycles. The second kappa shape index (κ2) is 11.7. The molecule has 0 saturated heterocycles. The molecule has 0 aromatic heterocycles. The smallest absolute Gasteiger partial charge is 0.0493 e. The van der Waals surface area contributed by atoms with Gasteiger partial charge in [-0.15, -0.1) is 0 Å². The summed E-state index contributed by atoms with van der Waals surface area (Å²) in [5, 5.41) is 2.62. The summed E-state index contributed by atoms with van der Waals surface area (Å²) in [7, 11) is 0. The number of hydrogen-bond acceptors (Lipinski definition) is 2. The first-order chi connectivity index (χ1) is 23.9. The maximum Gasteiger partial charge on any atom is 0.0493 e. The average Bonchev–Trinajstić information content (AvgIpc) is 3.35. The largest absolute Gasteiger partial charge is 0.342 e. The summed E-state index contributed by atoms with van der Waals surface area (Å²) in [6.07, 6.45) is 14.1. The summed E-state index contributed by atoms with van der Waals surface area (Å²) in [5.74, 6) is 0. The molecular formula is C47H46N2. The summed E-state index contributed by atoms with van der Waals surface area (Å²) >= 11 is 0. The minimum Gasteiger partial charge on any atom is -0.342 e. The maximum atomic E-state index is 2.65. The Bertz CT molecular complexity index is 2210. The molecule has 2 heteroatoms. The highest BCUT2D eigenvalue weighted by molar-refractivity contribution is 6.02. The van der Waals surface area contributed by atoms with Gasteiger partial charge in [-0.3, -0.25) is 0 Å². The summed E-state index contributed by atoms with van der Waals surface area (Å²) in [4.78, 5) is 5.21. The van der Waals surface area contributed by atoms with Crippen molar-refractivity contribution >= 4 is 45.6 Å². The van der Waals surface area contributed by atoms with E-state index < -0.39 is 0 Å². The van der Waals surface area contributed by atoms with Crippen molar-refractivity contribution in [2.24, 2.45) is 0 Å². The molecule has 2 atom stereocenters. The van der Waals surface area contributed by atoms with Crippen LogP contribution in [-0.4, -0.2) is 12.1 Å². The molecule has 0 radical (unpaired) electrons. The van der Waals surface area contributed by atoms with E-state index >= 15 is 0 Å². The van der Waals surface area contributed by atoms with Gasteiger partial charge in [0.25, 0.3) is 0 Å². The molecule has 0 saturated carbocycles. The third kappa shape index (κ3) is 4.91. The molecule has 5 aromatic rings. The van der Waals surface area contributed by atoms with E-state index in [0.717, 1.165) is 19.3 Å². The molecule has 49 heavy (non-hydrogen) atoms. The molecule has 2 aliphatic heterocycles. The van der Waals surface area contributed by atoms with E-state index in [9.17, 15) is 0 Å². The summed E-state index contributed by atoms with van der Waals surface area (Å²) in [6, 6.07) is 39.7. The van der Waals surface area contributed by atoms with Crippen LogP contribution in [0.25, 0.3) is 28.5 Å². The zero-order valence-corrected chi connectivity index (χ0v) is 29.3. The standard InChI is InChI=1S/C47H46N2/c1-31-17-21-35-11-5-9-15-44(35)48(31)37-25-27-40-39-26-20-33(29-42(39)47(3,4)43(40)30-37)19-23-34-24-28-46(41-14-8-7-13-38(34)41)49-32(2)18-22-36-12-6-10-16-45(36)49/h5-16,19-20,23-24,26,28-32H,17-18,21-22,25,27H2,1-4H3/b23-19+. The summed E-state index contributed by atoms with van der Waals surface area (Å²) < 4.78 is 0. The Labute approximate surface area is 292 Å². The lowest BCUT2D eigenvalue weighted by atomic mass is 9.79. The van der Waals surface area contributed by atoms with Crippen LogP contribution in [0.1, 0.15) is 86.8 Å². The molecule has 2 unspecified atom stereocenters. The van der Waals surface area contributed by atoms with Gasteiger partial charge in [0.15, 0.2) is 0 Å². The number of rotatable bonds is 4. The van der Waals surface area contributed by atoms with Crippen LogP contribution in [0.2, 0.25) is 0 Å². The number of nitrogens with zero attached hydrogens (tertiary/aromatic N) is 2. The number of hydrogen-bond donors (Lipinski definition) is 0. The van der Waals surface area contributed by atoms with Crippen molar-refractivity contribution in [3.63, 3.8) is 0 Å². The SMILES string of the molecule is CC1CCc2ccccc2N1C1=CC2=C(CC1)c1ccc(/C=C/c3ccc(N4c5ccccc5CCC4C)c4ccccc34)cc1C2(C)C. The molecule has 0 fully saturated rings. The van der Waals surface area contributed by atoms with E-state index in [1.165, 1.54) is 91.7 Å². The molecule has 0 N–H and O–H groups in total. The molecule has 9 rings (SSSR count). The molecular weight excluding hydrogens is 593 g/mol. The van der Waals surface area contributed by atoms with Crippen molar-refractivity contribution < 1.29 is 0 Å². The van der Waals surface area contributed by atoms with Crippen LogP contribution in [0.4, 0.5) is 17.1 Å². The first kappa shape index (κ1) is 30.3. The van der Waals surface area contributed by atoms with Crippen molar-refractivity contribution in [2.75, 3.05) is 9.80 Å². The van der Waals surface area contributed by atoms with Gasteiger partial charge in [0.2, 0.25) is 0 Å². The van der Waals surface area contributed by atoms with Gasteiger partial charge < -0.3 is 9.80 Å². The van der Waals surface area contributed by atoms with Crippen molar-refractivity contribution in [1.29, 1.82) is 0 Å². The summed E-state index contributed by atoms with van der Waals surface area (Å²) in [6.45, 7) is 9.63. The van der Waals surface area contributed by atoms with Crippen molar-refractivity contribution in [2.45, 2.75) is 83.7 Å². The van der Waals surface area contributed by atoms with E-state index in [0.29, 0.717) is 12.1 Å². The van der Waals surface area contributed by atoms with Gasteiger partial charge in [0.1, 0.15) is 0 Å². The van der Waals surface area contributed by atoms with E-state index in [-0.39, 0.29) is 5.41 Å². The van der Waals surface area contributed by atoms with Crippen LogP contribution in [-0.2, 0) is 18.3 Å². The first-order valence-corrected chi connectivity index (χ1v) is 18.4. The molecule has 2 nitrogen and oxygen atoms in total. The van der Waals surface area contributed by atoms with E-state index in [1.807, 2.05) is 0 Å². The van der Waals surface area contributed by atoms with Crippen LogP contribution in [0.3, 0.4) is 0 Å². The molecule has 244 valence electrons. The normalized spacial score (nSPS) is 21.0. The van der Waals surface area contributed by atoms with E-state index in [4.69, 9.17) is 0 Å². The van der Waals surface area contributed by atoms with E-state index in [2.05, 4.69) is 159 Å². The summed E-state index contributed by atoms with van der Waals surface area (Å²) in [5.41, 5.74) is 16.9. The predicted molar refractivity (Wildman–Crippen MR) is 210 cm³/mol. The lowest BCUT2D eigenvalue weighted by Crippen LogP contribution is -2.37. The molecule has 0 amide bonds. The number of para-hydroxylation sites is 2. The van der Waals surface area contributed by atoms with Crippen LogP contribution in [0.15, 0.2) is 120 Å². The third-order valence-corrected chi connectivity index (χ3v) is 12.0. The quantitative estimate of drug-likeness (QED) is 0.181. The minimum absolute atomic E-state index is 0.0332. The van der Waals surface area contributed by atoms with E-state index in [1.54, 1.807) is 5.57 Å². The molecule has 4 aliphatic rings. The number of aryl methyl sites for hydroxylation is 2. The molecule has 2 heterocycles. The maximum absolute atomic E-state index is 2.65. The van der Waals surface area contributed by atoms with Gasteiger partial charge >= 0.3 is 0 Å². The Kier molecular flexibility index (Phi) is 7.20. The fourth-order valence-corrected chi connectivity index (χ4v) is 9.36. The highest BCUT2D eigenvalue weighted by Crippen LogP contribution is 2.52. The molecule has 2 aliphatic carbocycles. The monoisotopic (exact) mass is 638 g/mol. The fourth-order valence-electron chi connectivity index (χ4n) is 9.36. The van der Waals surface area contributed by atoms with Crippen LogP contribution < -0.4 is 9.80 Å². The molecule has 0 spiro atoms. The predicted octanol–water partition coefficient (Wildman–Crippen LogP) is 12.0. The Morgan fingerprint density at radius 2 is 1.27 bits per heavy atom. The highest BCUT2D eigenvalue weighted by atomic mass is 15.2. The lowest BCUT2D eigenvalue weighted by molar-refractivity contribution is 0.584. The van der Waals surface area contributed by atoms with Gasteiger partial charge in [-0.2, -0.15) is 0 Å². The highest BCUT2D eigenvalue weighted by Gasteiger charge is 2.39. The van der Waals surface area contributed by atoms with Gasteiger partial charge in [-0.05, 0) is 127 Å². The Morgan fingerprint density at radius 3 is 2.02 bits per heavy atom. The van der Waals surface area contributed by atoms with Gasteiger partial charge in [0.05, 0.1) is 0 Å². The number of fused-ring (bicyclic) bond motifs is 5. The average molecular weight is 639 g/mol. The van der Waals surface area contributed by atoms with Crippen molar-refractivity contribution in [3.05, 3.63) is 154 Å². The van der Waals surface area contributed by atoms with Gasteiger partial charge in [0, 0.05) is 45.6 Å². The fraction of sp³-hybridized carbons (Fsp3) is 0.277. The zero-order valence-electron chi connectivity index (χ0n) is 29.3. The Balaban J connectivity index is 1.03. The van der Waals surface area contributed by atoms with Crippen LogP contribution in [0.5, 0.6) is 0 Å². The van der Waals surface area contributed by atoms with Crippen molar-refractivity contribution in [1.82, 2.24) is 0 Å². The van der Waals surface area contributed by atoms with Crippen LogP contribution >= 0.6 is 0 Å². The topological polar surface area (TPSA) is 6.48 Å². The first-order valence-electron chi connectivity index (χ1n) is 18.4. The second-order valence-electron chi connectivity index (χ2n) is 15.3. The van der Waals surface area contributed by atoms with Crippen molar-refractivity contribution in [3.8, 4) is 0 Å².